The summed E-state index contributed by atoms with van der Waals surface area (Å²) in [5.41, 5.74) is 2.04. The fourth-order valence-corrected chi connectivity index (χ4v) is 3.54. The molecule has 0 saturated heterocycles. The number of carboxylic acid groups (broad SMARTS) is 1. The average Bonchev–Trinajstić information content (AvgIpc) is 2.93. The molecule has 1 amide bonds. The Kier molecular flexibility index (Phi) is 3.47. The predicted molar refractivity (Wildman–Crippen MR) is 78.4 cm³/mol. The second-order valence-corrected chi connectivity index (χ2v) is 6.04. The van der Waals surface area contributed by atoms with Crippen molar-refractivity contribution < 1.29 is 14.7 Å². The van der Waals surface area contributed by atoms with Gasteiger partial charge in [0.15, 0.2) is 6.04 Å². The summed E-state index contributed by atoms with van der Waals surface area (Å²) in [6.45, 7) is 2.27. The SMILES string of the molecule is Cc1cncc(C(=O)N2CCc3sccc3C2C(=O)O)c1. The van der Waals surface area contributed by atoms with E-state index in [1.807, 2.05) is 12.3 Å². The Labute approximate surface area is 125 Å². The number of carbonyl (C=O) groups excluding carboxylic acids is 1. The van der Waals surface area contributed by atoms with Gasteiger partial charge in [-0.05, 0) is 42.0 Å². The molecule has 2 aromatic rings. The number of pyridine rings is 1. The molecule has 0 saturated carbocycles. The lowest BCUT2D eigenvalue weighted by molar-refractivity contribution is -0.142. The first-order chi connectivity index (χ1) is 10.1. The number of aliphatic carboxylic acids is 1. The first-order valence-corrected chi connectivity index (χ1v) is 7.47. The number of amides is 1. The molecule has 108 valence electrons. The van der Waals surface area contributed by atoms with E-state index < -0.39 is 12.0 Å². The highest BCUT2D eigenvalue weighted by molar-refractivity contribution is 7.10. The van der Waals surface area contributed by atoms with Gasteiger partial charge >= 0.3 is 5.97 Å². The Morgan fingerprint density at radius 2 is 2.24 bits per heavy atom. The molecule has 6 heteroatoms. The van der Waals surface area contributed by atoms with Crippen LogP contribution in [0.15, 0.2) is 29.9 Å². The summed E-state index contributed by atoms with van der Waals surface area (Å²) in [6.07, 6.45) is 3.85. The standard InChI is InChI=1S/C15H14N2O3S/c1-9-6-10(8-16-7-9)14(18)17-4-2-12-11(3-5-21-12)13(17)15(19)20/h3,5-8,13H,2,4H2,1H3,(H,19,20). The third-order valence-corrected chi connectivity index (χ3v) is 4.58. The zero-order valence-corrected chi connectivity index (χ0v) is 12.3. The molecule has 1 aliphatic heterocycles. The Morgan fingerprint density at radius 3 is 2.95 bits per heavy atom. The first kappa shape index (κ1) is 13.8. The van der Waals surface area contributed by atoms with Crippen LogP contribution in [0, 0.1) is 6.92 Å². The number of fused-ring (bicyclic) bond motifs is 1. The summed E-state index contributed by atoms with van der Waals surface area (Å²) in [5.74, 6) is -1.28. The third kappa shape index (κ3) is 2.42. The van der Waals surface area contributed by atoms with Gasteiger partial charge in [0.1, 0.15) is 0 Å². The van der Waals surface area contributed by atoms with Crippen molar-refractivity contribution in [2.45, 2.75) is 19.4 Å². The molecular weight excluding hydrogens is 288 g/mol. The molecule has 2 aromatic heterocycles. The monoisotopic (exact) mass is 302 g/mol. The van der Waals surface area contributed by atoms with Crippen LogP contribution in [0.4, 0.5) is 0 Å². The maximum absolute atomic E-state index is 12.6. The lowest BCUT2D eigenvalue weighted by atomic mass is 9.99. The maximum Gasteiger partial charge on any atom is 0.331 e. The fraction of sp³-hybridized carbons (Fsp3) is 0.267. The minimum Gasteiger partial charge on any atom is -0.479 e. The van der Waals surface area contributed by atoms with Crippen LogP contribution in [0.1, 0.15) is 32.4 Å². The first-order valence-electron chi connectivity index (χ1n) is 6.59. The molecule has 0 bridgehead atoms. The Bertz CT molecular complexity index is 710. The van der Waals surface area contributed by atoms with Crippen molar-refractivity contribution in [1.29, 1.82) is 0 Å². The highest BCUT2D eigenvalue weighted by Crippen LogP contribution is 2.34. The number of carboxylic acids is 1. The smallest absolute Gasteiger partial charge is 0.331 e. The van der Waals surface area contributed by atoms with E-state index in [1.165, 1.54) is 11.1 Å². The van der Waals surface area contributed by atoms with Crippen LogP contribution in [0.5, 0.6) is 0 Å². The van der Waals surface area contributed by atoms with E-state index in [0.717, 1.165) is 16.0 Å². The van der Waals surface area contributed by atoms with Crippen molar-refractivity contribution in [1.82, 2.24) is 9.88 Å². The topological polar surface area (TPSA) is 70.5 Å². The molecule has 3 heterocycles. The molecule has 0 fully saturated rings. The van der Waals surface area contributed by atoms with Crippen LogP contribution in [-0.2, 0) is 11.2 Å². The number of hydrogen-bond acceptors (Lipinski definition) is 4. The molecule has 21 heavy (non-hydrogen) atoms. The van der Waals surface area contributed by atoms with Gasteiger partial charge in [-0.15, -0.1) is 11.3 Å². The molecule has 0 aliphatic carbocycles. The number of hydrogen-bond donors (Lipinski definition) is 1. The summed E-state index contributed by atoms with van der Waals surface area (Å²) >= 11 is 1.54. The van der Waals surface area contributed by atoms with Gasteiger partial charge in [-0.2, -0.15) is 0 Å². The molecule has 0 radical (unpaired) electrons. The number of carbonyl (C=O) groups is 2. The number of aryl methyl sites for hydroxylation is 1. The van der Waals surface area contributed by atoms with Crippen LogP contribution in [0.3, 0.4) is 0 Å². The molecule has 1 unspecified atom stereocenters. The van der Waals surface area contributed by atoms with Crippen molar-refractivity contribution >= 4 is 23.2 Å². The van der Waals surface area contributed by atoms with Gasteiger partial charge in [-0.1, -0.05) is 0 Å². The third-order valence-electron chi connectivity index (χ3n) is 3.58. The van der Waals surface area contributed by atoms with Gasteiger partial charge in [0, 0.05) is 23.8 Å². The van der Waals surface area contributed by atoms with Gasteiger partial charge < -0.3 is 10.0 Å². The van der Waals surface area contributed by atoms with E-state index in [2.05, 4.69) is 4.98 Å². The number of nitrogens with zero attached hydrogens (tertiary/aromatic N) is 2. The van der Waals surface area contributed by atoms with Gasteiger partial charge in [0.2, 0.25) is 0 Å². The van der Waals surface area contributed by atoms with E-state index in [1.54, 1.807) is 29.7 Å². The van der Waals surface area contributed by atoms with Crippen LogP contribution in [-0.4, -0.2) is 33.4 Å². The van der Waals surface area contributed by atoms with Crippen LogP contribution in [0.2, 0.25) is 0 Å². The largest absolute Gasteiger partial charge is 0.479 e. The van der Waals surface area contributed by atoms with Crippen LogP contribution >= 0.6 is 11.3 Å². The Morgan fingerprint density at radius 1 is 1.43 bits per heavy atom. The molecule has 0 aromatic carbocycles. The molecular formula is C15H14N2O3S. The van der Waals surface area contributed by atoms with Crippen molar-refractivity contribution in [3.8, 4) is 0 Å². The summed E-state index contributed by atoms with van der Waals surface area (Å²) in [5, 5.41) is 11.4. The van der Waals surface area contributed by atoms with E-state index in [9.17, 15) is 14.7 Å². The molecule has 3 rings (SSSR count). The minimum atomic E-state index is -0.997. The van der Waals surface area contributed by atoms with Crippen molar-refractivity contribution in [3.63, 3.8) is 0 Å². The number of aromatic nitrogens is 1. The highest BCUT2D eigenvalue weighted by Gasteiger charge is 2.37. The summed E-state index contributed by atoms with van der Waals surface area (Å²) in [6, 6.07) is 2.62. The van der Waals surface area contributed by atoms with Gasteiger partial charge in [0.05, 0.1) is 5.56 Å². The van der Waals surface area contributed by atoms with Crippen LogP contribution < -0.4 is 0 Å². The molecule has 1 atom stereocenters. The van der Waals surface area contributed by atoms with E-state index in [4.69, 9.17) is 0 Å². The lowest BCUT2D eigenvalue weighted by Crippen LogP contribution is -2.43. The second-order valence-electron chi connectivity index (χ2n) is 5.04. The number of thiophene rings is 1. The van der Waals surface area contributed by atoms with Gasteiger partial charge in [-0.25, -0.2) is 4.79 Å². The highest BCUT2D eigenvalue weighted by atomic mass is 32.1. The summed E-state index contributed by atoms with van der Waals surface area (Å²) < 4.78 is 0. The predicted octanol–water partition coefficient (Wildman–Crippen LogP) is 2.28. The minimum absolute atomic E-state index is 0.282. The maximum atomic E-state index is 12.6. The van der Waals surface area contributed by atoms with E-state index >= 15 is 0 Å². The Balaban J connectivity index is 1.98. The summed E-state index contributed by atoms with van der Waals surface area (Å²) in [7, 11) is 0. The van der Waals surface area contributed by atoms with Crippen molar-refractivity contribution in [2.24, 2.45) is 0 Å². The van der Waals surface area contributed by atoms with Crippen LogP contribution in [0.25, 0.3) is 0 Å². The van der Waals surface area contributed by atoms with Gasteiger partial charge in [-0.3, -0.25) is 9.78 Å². The van der Waals surface area contributed by atoms with E-state index in [0.29, 0.717) is 18.5 Å². The second kappa shape index (κ2) is 5.29. The molecule has 0 spiro atoms. The summed E-state index contributed by atoms with van der Waals surface area (Å²) in [4.78, 5) is 30.7. The molecule has 1 N–H and O–H groups in total. The molecule has 5 nitrogen and oxygen atoms in total. The lowest BCUT2D eigenvalue weighted by Gasteiger charge is -2.33. The Hall–Kier alpha value is -2.21. The van der Waals surface area contributed by atoms with Crippen molar-refractivity contribution in [3.05, 3.63) is 51.5 Å². The zero-order valence-electron chi connectivity index (χ0n) is 11.4. The molecule has 1 aliphatic rings. The van der Waals surface area contributed by atoms with E-state index in [-0.39, 0.29) is 5.91 Å². The normalized spacial score (nSPS) is 17.4. The fourth-order valence-electron chi connectivity index (χ4n) is 2.64. The quantitative estimate of drug-likeness (QED) is 0.924. The van der Waals surface area contributed by atoms with Gasteiger partial charge in [0.25, 0.3) is 5.91 Å². The number of rotatable bonds is 2. The van der Waals surface area contributed by atoms with Crippen molar-refractivity contribution in [2.75, 3.05) is 6.54 Å². The zero-order chi connectivity index (χ0) is 15.0. The average molecular weight is 302 g/mol.